The maximum atomic E-state index is 5.75. The summed E-state index contributed by atoms with van der Waals surface area (Å²) in [7, 11) is 0. The molecule has 1 atom stereocenters. The zero-order valence-electron chi connectivity index (χ0n) is 14.8. The first-order valence-electron chi connectivity index (χ1n) is 9.49. The van der Waals surface area contributed by atoms with Gasteiger partial charge in [-0.2, -0.15) is 0 Å². The van der Waals surface area contributed by atoms with Crippen molar-refractivity contribution >= 4 is 0 Å². The summed E-state index contributed by atoms with van der Waals surface area (Å²) >= 11 is 0. The van der Waals surface area contributed by atoms with Crippen LogP contribution in [0.2, 0.25) is 0 Å². The summed E-state index contributed by atoms with van der Waals surface area (Å²) in [5.41, 5.74) is 0. The first-order valence-corrected chi connectivity index (χ1v) is 9.49. The van der Waals surface area contributed by atoms with Crippen molar-refractivity contribution in [3.63, 3.8) is 0 Å². The molecule has 0 aliphatic carbocycles. The Morgan fingerprint density at radius 1 is 1.09 bits per heavy atom. The van der Waals surface area contributed by atoms with Gasteiger partial charge in [0.25, 0.3) is 0 Å². The number of piperidine rings is 2. The molecule has 0 radical (unpaired) electrons. The Kier molecular flexibility index (Phi) is 6.15. The third-order valence-electron chi connectivity index (χ3n) is 5.56. The van der Waals surface area contributed by atoms with Crippen molar-refractivity contribution in [2.45, 2.75) is 64.1 Å². The van der Waals surface area contributed by atoms with E-state index < -0.39 is 0 Å². The summed E-state index contributed by atoms with van der Waals surface area (Å²) in [6.45, 7) is 10.5. The van der Waals surface area contributed by atoms with Gasteiger partial charge >= 0.3 is 0 Å². The summed E-state index contributed by atoms with van der Waals surface area (Å²) in [5, 5.41) is 3.84. The molecule has 1 aromatic rings. The molecule has 0 aromatic carbocycles. The molecule has 2 saturated heterocycles. The topological polar surface area (TPSA) is 31.6 Å². The van der Waals surface area contributed by atoms with Crippen LogP contribution in [0.25, 0.3) is 0 Å². The second-order valence-corrected chi connectivity index (χ2v) is 7.44. The Morgan fingerprint density at radius 2 is 1.83 bits per heavy atom. The number of nitrogens with zero attached hydrogens (tertiary/aromatic N) is 2. The van der Waals surface area contributed by atoms with Crippen molar-refractivity contribution in [3.8, 4) is 0 Å². The van der Waals surface area contributed by atoms with E-state index in [1.54, 1.807) is 0 Å². The smallest absolute Gasteiger partial charge is 0.122 e. The molecule has 2 fully saturated rings. The molecular formula is C19H33N3O. The van der Waals surface area contributed by atoms with Gasteiger partial charge in [-0.3, -0.25) is 4.90 Å². The molecule has 0 spiro atoms. The van der Waals surface area contributed by atoms with Gasteiger partial charge in [-0.25, -0.2) is 0 Å². The fraction of sp³-hybridized carbons (Fsp3) is 0.789. The van der Waals surface area contributed by atoms with E-state index in [2.05, 4.69) is 35.0 Å². The maximum absolute atomic E-state index is 5.75. The van der Waals surface area contributed by atoms with Gasteiger partial charge in [0.05, 0.1) is 12.3 Å². The molecule has 0 bridgehead atoms. The second-order valence-electron chi connectivity index (χ2n) is 7.44. The molecular weight excluding hydrogens is 286 g/mol. The van der Waals surface area contributed by atoms with Crippen LogP contribution >= 0.6 is 0 Å². The molecule has 4 heteroatoms. The highest BCUT2D eigenvalue weighted by molar-refractivity contribution is 5.06. The van der Waals surface area contributed by atoms with Crippen LogP contribution in [0.5, 0.6) is 0 Å². The normalized spacial score (nSPS) is 23.4. The second kappa shape index (κ2) is 8.32. The SMILES string of the molecule is CC(C)N1CCC(NCC(c2ccco2)N2CCCCC2)CC1. The summed E-state index contributed by atoms with van der Waals surface area (Å²) in [6.07, 6.45) is 8.37. The first kappa shape index (κ1) is 17.0. The number of nitrogens with one attached hydrogen (secondary N) is 1. The van der Waals surface area contributed by atoms with Crippen LogP contribution in [0.3, 0.4) is 0 Å². The lowest BCUT2D eigenvalue weighted by Crippen LogP contribution is -2.47. The van der Waals surface area contributed by atoms with E-state index in [0.29, 0.717) is 18.1 Å². The quantitative estimate of drug-likeness (QED) is 0.872. The van der Waals surface area contributed by atoms with Crippen molar-refractivity contribution in [2.24, 2.45) is 0 Å². The monoisotopic (exact) mass is 319 g/mol. The van der Waals surface area contributed by atoms with E-state index in [1.165, 1.54) is 58.3 Å². The predicted molar refractivity (Wildman–Crippen MR) is 94.6 cm³/mol. The van der Waals surface area contributed by atoms with E-state index in [-0.39, 0.29) is 0 Å². The molecule has 130 valence electrons. The molecule has 23 heavy (non-hydrogen) atoms. The van der Waals surface area contributed by atoms with Crippen molar-refractivity contribution < 1.29 is 4.42 Å². The number of hydrogen-bond donors (Lipinski definition) is 1. The third kappa shape index (κ3) is 4.59. The highest BCUT2D eigenvalue weighted by Crippen LogP contribution is 2.25. The van der Waals surface area contributed by atoms with Gasteiger partial charge in [-0.05, 0) is 77.8 Å². The highest BCUT2D eigenvalue weighted by atomic mass is 16.3. The lowest BCUT2D eigenvalue weighted by Gasteiger charge is -2.37. The van der Waals surface area contributed by atoms with Crippen LogP contribution in [0.15, 0.2) is 22.8 Å². The van der Waals surface area contributed by atoms with Gasteiger partial charge in [0.15, 0.2) is 0 Å². The number of rotatable bonds is 6. The van der Waals surface area contributed by atoms with Crippen LogP contribution in [-0.2, 0) is 0 Å². The van der Waals surface area contributed by atoms with Crippen LogP contribution in [0.1, 0.15) is 57.8 Å². The van der Waals surface area contributed by atoms with Crippen LogP contribution in [0.4, 0.5) is 0 Å². The molecule has 0 saturated carbocycles. The minimum atomic E-state index is 0.397. The van der Waals surface area contributed by atoms with Crippen molar-refractivity contribution in [1.29, 1.82) is 0 Å². The standard InChI is InChI=1S/C19H33N3O/c1-16(2)21-12-8-17(9-13-21)20-15-18(19-7-6-14-23-19)22-10-4-3-5-11-22/h6-7,14,16-18,20H,3-5,8-13,15H2,1-2H3. The predicted octanol–water partition coefficient (Wildman–Crippen LogP) is 3.27. The largest absolute Gasteiger partial charge is 0.468 e. The summed E-state index contributed by atoms with van der Waals surface area (Å²) < 4.78 is 5.75. The van der Waals surface area contributed by atoms with E-state index in [4.69, 9.17) is 4.42 Å². The Labute approximate surface area is 141 Å². The van der Waals surface area contributed by atoms with Gasteiger partial charge in [-0.15, -0.1) is 0 Å². The van der Waals surface area contributed by atoms with Gasteiger partial charge < -0.3 is 14.6 Å². The highest BCUT2D eigenvalue weighted by Gasteiger charge is 2.26. The molecule has 2 aliphatic rings. The zero-order valence-corrected chi connectivity index (χ0v) is 14.8. The molecule has 2 aliphatic heterocycles. The lowest BCUT2D eigenvalue weighted by atomic mass is 10.0. The molecule has 3 heterocycles. The maximum Gasteiger partial charge on any atom is 0.122 e. The summed E-state index contributed by atoms with van der Waals surface area (Å²) in [5.74, 6) is 1.12. The average Bonchev–Trinajstić information content (AvgIpc) is 3.11. The molecule has 4 nitrogen and oxygen atoms in total. The number of likely N-dealkylation sites (tertiary alicyclic amines) is 2. The Morgan fingerprint density at radius 3 is 2.43 bits per heavy atom. The van der Waals surface area contributed by atoms with Gasteiger partial charge in [-0.1, -0.05) is 6.42 Å². The Balaban J connectivity index is 1.53. The Hall–Kier alpha value is -0.840. The molecule has 3 rings (SSSR count). The molecule has 1 N–H and O–H groups in total. The Bertz CT molecular complexity index is 431. The molecule has 0 amide bonds. The van der Waals surface area contributed by atoms with E-state index in [1.807, 2.05) is 12.3 Å². The van der Waals surface area contributed by atoms with E-state index >= 15 is 0 Å². The van der Waals surface area contributed by atoms with Crippen molar-refractivity contribution in [2.75, 3.05) is 32.7 Å². The average molecular weight is 319 g/mol. The van der Waals surface area contributed by atoms with Gasteiger partial charge in [0.1, 0.15) is 5.76 Å². The first-order chi connectivity index (χ1) is 11.2. The van der Waals surface area contributed by atoms with Gasteiger partial charge in [0, 0.05) is 18.6 Å². The molecule has 1 unspecified atom stereocenters. The van der Waals surface area contributed by atoms with Crippen molar-refractivity contribution in [3.05, 3.63) is 24.2 Å². The van der Waals surface area contributed by atoms with Crippen molar-refractivity contribution in [1.82, 2.24) is 15.1 Å². The van der Waals surface area contributed by atoms with Crippen LogP contribution in [0, 0.1) is 0 Å². The lowest BCUT2D eigenvalue weighted by molar-refractivity contribution is 0.126. The van der Waals surface area contributed by atoms with E-state index in [0.717, 1.165) is 12.3 Å². The van der Waals surface area contributed by atoms with Crippen LogP contribution < -0.4 is 5.32 Å². The third-order valence-corrected chi connectivity index (χ3v) is 5.56. The fourth-order valence-corrected chi connectivity index (χ4v) is 4.02. The van der Waals surface area contributed by atoms with Gasteiger partial charge in [0.2, 0.25) is 0 Å². The zero-order chi connectivity index (χ0) is 16.1. The molecule has 1 aromatic heterocycles. The summed E-state index contributed by atoms with van der Waals surface area (Å²) in [6, 6.07) is 5.90. The number of hydrogen-bond acceptors (Lipinski definition) is 4. The van der Waals surface area contributed by atoms with Crippen LogP contribution in [-0.4, -0.2) is 54.6 Å². The fourth-order valence-electron chi connectivity index (χ4n) is 4.02. The minimum Gasteiger partial charge on any atom is -0.468 e. The van der Waals surface area contributed by atoms with E-state index in [9.17, 15) is 0 Å². The summed E-state index contributed by atoms with van der Waals surface area (Å²) in [4.78, 5) is 5.20. The minimum absolute atomic E-state index is 0.397. The number of furan rings is 1.